The number of pyridine rings is 1. The number of likely N-dealkylation sites (tertiary alicyclic amines) is 1. The summed E-state index contributed by atoms with van der Waals surface area (Å²) in [6.07, 6.45) is -3.76. The lowest BCUT2D eigenvalue weighted by atomic mass is 9.86. The highest BCUT2D eigenvalue weighted by atomic mass is 19.4. The summed E-state index contributed by atoms with van der Waals surface area (Å²) in [5.74, 6) is -0.0425. The molecule has 0 atom stereocenters. The van der Waals surface area contributed by atoms with Crippen LogP contribution in [0, 0.1) is 11.3 Å². The maximum Gasteiger partial charge on any atom is 0.433 e. The second-order valence-electron chi connectivity index (χ2n) is 8.56. The van der Waals surface area contributed by atoms with Crippen LogP contribution in [0.15, 0.2) is 36.4 Å². The van der Waals surface area contributed by atoms with Crippen molar-refractivity contribution >= 4 is 6.09 Å². The van der Waals surface area contributed by atoms with Gasteiger partial charge in [0.1, 0.15) is 11.3 Å². The molecule has 8 heteroatoms. The number of hydrogen-bond acceptors (Lipinski definition) is 4. The van der Waals surface area contributed by atoms with Crippen LogP contribution < -0.4 is 0 Å². The van der Waals surface area contributed by atoms with Crippen LogP contribution in [0.4, 0.5) is 18.0 Å². The molecule has 0 aliphatic carbocycles. The van der Waals surface area contributed by atoms with E-state index in [1.165, 1.54) is 6.07 Å². The highest BCUT2D eigenvalue weighted by molar-refractivity contribution is 5.69. The van der Waals surface area contributed by atoms with Gasteiger partial charge in [0.15, 0.2) is 0 Å². The summed E-state index contributed by atoms with van der Waals surface area (Å²) in [6, 6.07) is 10.8. The van der Waals surface area contributed by atoms with Crippen molar-refractivity contribution in [2.45, 2.75) is 51.3 Å². The van der Waals surface area contributed by atoms with E-state index in [0.29, 0.717) is 42.6 Å². The molecule has 31 heavy (non-hydrogen) atoms. The molecule has 5 nitrogen and oxygen atoms in total. The number of benzene rings is 1. The van der Waals surface area contributed by atoms with Crippen LogP contribution in [0.5, 0.6) is 0 Å². The van der Waals surface area contributed by atoms with Crippen molar-refractivity contribution in [1.29, 1.82) is 5.26 Å². The first-order valence-corrected chi connectivity index (χ1v) is 10.0. The number of nitrogens with zero attached hydrogens (tertiary/aromatic N) is 3. The second kappa shape index (κ2) is 8.58. The third-order valence-corrected chi connectivity index (χ3v) is 5.09. The first-order valence-electron chi connectivity index (χ1n) is 10.0. The molecule has 0 bridgehead atoms. The number of alkyl halides is 3. The Hall–Kier alpha value is -3.08. The number of carbonyl (C=O) groups excluding carboxylic acids is 1. The Morgan fingerprint density at radius 3 is 2.23 bits per heavy atom. The van der Waals surface area contributed by atoms with Crippen molar-refractivity contribution in [2.75, 3.05) is 13.1 Å². The van der Waals surface area contributed by atoms with Crippen molar-refractivity contribution in [2.24, 2.45) is 0 Å². The Morgan fingerprint density at radius 2 is 1.71 bits per heavy atom. The lowest BCUT2D eigenvalue weighted by Gasteiger charge is -2.34. The molecule has 1 aromatic carbocycles. The van der Waals surface area contributed by atoms with Gasteiger partial charge < -0.3 is 9.64 Å². The van der Waals surface area contributed by atoms with E-state index >= 15 is 0 Å². The van der Waals surface area contributed by atoms with E-state index in [-0.39, 0.29) is 17.7 Å². The molecule has 1 aliphatic heterocycles. The Labute approximate surface area is 179 Å². The number of carbonyl (C=O) groups is 1. The van der Waals surface area contributed by atoms with Gasteiger partial charge in [-0.25, -0.2) is 9.78 Å². The number of halogens is 3. The minimum absolute atomic E-state index is 0.0425. The van der Waals surface area contributed by atoms with E-state index in [4.69, 9.17) is 10.00 Å². The Morgan fingerprint density at radius 1 is 1.10 bits per heavy atom. The van der Waals surface area contributed by atoms with Gasteiger partial charge in [-0.2, -0.15) is 18.4 Å². The number of nitriles is 1. The van der Waals surface area contributed by atoms with Gasteiger partial charge in [0.25, 0.3) is 0 Å². The predicted octanol–water partition coefficient (Wildman–Crippen LogP) is 5.75. The third kappa shape index (κ3) is 5.54. The molecular weight excluding hydrogens is 407 g/mol. The molecule has 1 aliphatic rings. The van der Waals surface area contributed by atoms with Crippen LogP contribution in [-0.4, -0.2) is 34.7 Å². The zero-order valence-corrected chi connectivity index (χ0v) is 17.7. The summed E-state index contributed by atoms with van der Waals surface area (Å²) < 4.78 is 45.3. The molecule has 164 valence electrons. The molecule has 2 heterocycles. The fourth-order valence-corrected chi connectivity index (χ4v) is 3.59. The van der Waals surface area contributed by atoms with Gasteiger partial charge in [-0.1, -0.05) is 18.2 Å². The first kappa shape index (κ1) is 22.6. The summed E-state index contributed by atoms with van der Waals surface area (Å²) in [6.45, 7) is 6.31. The second-order valence-corrected chi connectivity index (χ2v) is 8.56. The zero-order chi connectivity index (χ0) is 22.8. The number of ether oxygens (including phenoxy) is 1. The minimum atomic E-state index is -4.56. The third-order valence-electron chi connectivity index (χ3n) is 5.09. The van der Waals surface area contributed by atoms with Crippen LogP contribution in [-0.2, 0) is 10.9 Å². The van der Waals surface area contributed by atoms with Gasteiger partial charge in [0, 0.05) is 18.7 Å². The van der Waals surface area contributed by atoms with E-state index in [2.05, 4.69) is 4.98 Å². The smallest absolute Gasteiger partial charge is 0.433 e. The van der Waals surface area contributed by atoms with Crippen molar-refractivity contribution < 1.29 is 22.7 Å². The van der Waals surface area contributed by atoms with Crippen molar-refractivity contribution in [3.05, 3.63) is 53.2 Å². The van der Waals surface area contributed by atoms with E-state index < -0.39 is 17.5 Å². The van der Waals surface area contributed by atoms with E-state index in [9.17, 15) is 18.0 Å². The number of rotatable bonds is 2. The van der Waals surface area contributed by atoms with E-state index in [1.807, 2.05) is 6.07 Å². The molecule has 0 unspecified atom stereocenters. The summed E-state index contributed by atoms with van der Waals surface area (Å²) >= 11 is 0. The lowest BCUT2D eigenvalue weighted by molar-refractivity contribution is -0.141. The maximum absolute atomic E-state index is 13.3. The quantitative estimate of drug-likeness (QED) is 0.607. The van der Waals surface area contributed by atoms with Crippen molar-refractivity contribution in [3.63, 3.8) is 0 Å². The Balaban J connectivity index is 1.87. The van der Waals surface area contributed by atoms with Crippen LogP contribution >= 0.6 is 0 Å². The Kier molecular flexibility index (Phi) is 6.25. The molecular formula is C23H24F3N3O2. The van der Waals surface area contributed by atoms with E-state index in [1.54, 1.807) is 49.9 Å². The fraction of sp³-hybridized carbons (Fsp3) is 0.435. The predicted molar refractivity (Wildman–Crippen MR) is 109 cm³/mol. The topological polar surface area (TPSA) is 66.2 Å². The fourth-order valence-electron chi connectivity index (χ4n) is 3.59. The van der Waals surface area contributed by atoms with Gasteiger partial charge in [0.2, 0.25) is 0 Å². The molecule has 1 amide bonds. The largest absolute Gasteiger partial charge is 0.444 e. The number of piperidine rings is 1. The first-order chi connectivity index (χ1) is 14.5. The van der Waals surface area contributed by atoms with Gasteiger partial charge >= 0.3 is 12.3 Å². The normalized spacial score (nSPS) is 15.5. The molecule has 0 radical (unpaired) electrons. The highest BCUT2D eigenvalue weighted by Crippen LogP contribution is 2.37. The molecule has 1 fully saturated rings. The van der Waals surface area contributed by atoms with Crippen LogP contribution in [0.1, 0.15) is 56.4 Å². The average Bonchev–Trinajstić information content (AvgIpc) is 2.71. The molecule has 1 saturated heterocycles. The van der Waals surface area contributed by atoms with Gasteiger partial charge in [-0.05, 0) is 63.3 Å². The molecule has 2 aromatic rings. The molecule has 0 N–H and O–H groups in total. The molecule has 0 spiro atoms. The Bertz CT molecular complexity index is 981. The van der Waals surface area contributed by atoms with E-state index in [0.717, 1.165) is 6.07 Å². The van der Waals surface area contributed by atoms with Crippen molar-refractivity contribution in [3.8, 4) is 17.3 Å². The van der Waals surface area contributed by atoms with Crippen molar-refractivity contribution in [1.82, 2.24) is 9.88 Å². The lowest BCUT2D eigenvalue weighted by Crippen LogP contribution is -2.41. The molecule has 3 rings (SSSR count). The van der Waals surface area contributed by atoms with Gasteiger partial charge in [0.05, 0.1) is 17.3 Å². The SMILES string of the molecule is CC(C)(C)OC(=O)N1CCC(c2ccc(C(F)(F)F)nc2-c2ccc(C#N)cc2)CC1. The van der Waals surface area contributed by atoms with Gasteiger partial charge in [-0.3, -0.25) is 0 Å². The molecule has 0 saturated carbocycles. The summed E-state index contributed by atoms with van der Waals surface area (Å²) in [5, 5.41) is 8.99. The van der Waals surface area contributed by atoms with Crippen LogP contribution in [0.3, 0.4) is 0 Å². The zero-order valence-electron chi connectivity index (χ0n) is 17.7. The van der Waals surface area contributed by atoms with Crippen LogP contribution in [0.2, 0.25) is 0 Å². The summed E-state index contributed by atoms with van der Waals surface area (Å²) in [5.41, 5.74) is 0.365. The highest BCUT2D eigenvalue weighted by Gasteiger charge is 2.34. The summed E-state index contributed by atoms with van der Waals surface area (Å²) in [7, 11) is 0. The summed E-state index contributed by atoms with van der Waals surface area (Å²) in [4.78, 5) is 17.9. The molecule has 1 aromatic heterocycles. The van der Waals surface area contributed by atoms with Crippen LogP contribution in [0.25, 0.3) is 11.3 Å². The van der Waals surface area contributed by atoms with Gasteiger partial charge in [-0.15, -0.1) is 0 Å². The number of amides is 1. The standard InChI is InChI=1S/C23H24F3N3O2/c1-22(2,3)31-21(30)29-12-10-16(11-13-29)18-8-9-19(23(24,25)26)28-20(18)17-6-4-15(14-27)5-7-17/h4-9,16H,10-13H2,1-3H3. The monoisotopic (exact) mass is 431 g/mol. The number of aromatic nitrogens is 1. The maximum atomic E-state index is 13.3. The average molecular weight is 431 g/mol. The number of hydrogen-bond donors (Lipinski definition) is 0. The minimum Gasteiger partial charge on any atom is -0.444 e.